The van der Waals surface area contributed by atoms with Gasteiger partial charge in [0.2, 0.25) is 0 Å². The van der Waals surface area contributed by atoms with E-state index in [1.807, 2.05) is 7.05 Å². The van der Waals surface area contributed by atoms with Crippen molar-refractivity contribution in [3.05, 3.63) is 6.33 Å². The number of hydrogen-bond acceptors (Lipinski definition) is 5. The maximum atomic E-state index is 4.17. The number of fused-ring (bicyclic) bond motifs is 1. The number of anilines is 1. The van der Waals surface area contributed by atoms with Crippen LogP contribution in [0.1, 0.15) is 20.8 Å². The Balaban J connectivity index is 2.52. The molecule has 2 aromatic rings. The standard InChI is InChI=1S/C9H14N6/c1-9(2,3)12-7-6-8(11-5-10-7)15(4)14-13-6/h5H,1-4H3,(H,10,11,12). The van der Waals surface area contributed by atoms with Gasteiger partial charge >= 0.3 is 0 Å². The largest absolute Gasteiger partial charge is 0.363 e. The van der Waals surface area contributed by atoms with E-state index in [0.717, 1.165) is 11.5 Å². The molecule has 6 heteroatoms. The summed E-state index contributed by atoms with van der Waals surface area (Å²) < 4.78 is 1.63. The lowest BCUT2D eigenvalue weighted by Crippen LogP contribution is -2.26. The summed E-state index contributed by atoms with van der Waals surface area (Å²) in [5, 5.41) is 11.2. The molecule has 2 aromatic heterocycles. The molecular weight excluding hydrogens is 192 g/mol. The van der Waals surface area contributed by atoms with E-state index in [-0.39, 0.29) is 5.54 Å². The van der Waals surface area contributed by atoms with Crippen molar-refractivity contribution in [2.45, 2.75) is 26.3 Å². The van der Waals surface area contributed by atoms with Gasteiger partial charge in [-0.3, -0.25) is 0 Å². The molecule has 0 radical (unpaired) electrons. The number of nitrogens with one attached hydrogen (secondary N) is 1. The van der Waals surface area contributed by atoms with Gasteiger partial charge in [-0.2, -0.15) is 0 Å². The van der Waals surface area contributed by atoms with Gasteiger partial charge in [-0.1, -0.05) is 5.21 Å². The first-order chi connectivity index (χ1) is 6.97. The Kier molecular flexibility index (Phi) is 2.06. The lowest BCUT2D eigenvalue weighted by molar-refractivity contribution is 0.631. The number of nitrogens with zero attached hydrogens (tertiary/aromatic N) is 5. The van der Waals surface area contributed by atoms with E-state index in [0.29, 0.717) is 5.52 Å². The van der Waals surface area contributed by atoms with Crippen molar-refractivity contribution < 1.29 is 0 Å². The van der Waals surface area contributed by atoms with Crippen molar-refractivity contribution in [2.75, 3.05) is 5.32 Å². The van der Waals surface area contributed by atoms with Crippen LogP contribution in [0, 0.1) is 0 Å². The molecule has 0 amide bonds. The molecule has 2 rings (SSSR count). The van der Waals surface area contributed by atoms with Crippen LogP contribution in [0.2, 0.25) is 0 Å². The first-order valence-corrected chi connectivity index (χ1v) is 4.76. The minimum absolute atomic E-state index is 0.0567. The average molecular weight is 206 g/mol. The Morgan fingerprint density at radius 3 is 2.67 bits per heavy atom. The highest BCUT2D eigenvalue weighted by Crippen LogP contribution is 2.18. The van der Waals surface area contributed by atoms with Crippen molar-refractivity contribution in [1.29, 1.82) is 0 Å². The summed E-state index contributed by atoms with van der Waals surface area (Å²) in [5.41, 5.74) is 1.38. The fourth-order valence-electron chi connectivity index (χ4n) is 1.30. The smallest absolute Gasteiger partial charge is 0.183 e. The topological polar surface area (TPSA) is 68.5 Å². The Morgan fingerprint density at radius 1 is 1.27 bits per heavy atom. The molecule has 0 spiro atoms. The molecule has 15 heavy (non-hydrogen) atoms. The van der Waals surface area contributed by atoms with Crippen LogP contribution in [0.3, 0.4) is 0 Å². The zero-order chi connectivity index (χ0) is 11.1. The molecule has 6 nitrogen and oxygen atoms in total. The number of aryl methyl sites for hydroxylation is 1. The van der Waals surface area contributed by atoms with Crippen LogP contribution in [0.25, 0.3) is 11.2 Å². The molecule has 0 aliphatic rings. The molecule has 2 heterocycles. The molecule has 0 aliphatic carbocycles. The van der Waals surface area contributed by atoms with Crippen LogP contribution in [-0.4, -0.2) is 30.5 Å². The van der Waals surface area contributed by atoms with Crippen LogP contribution in [0.4, 0.5) is 5.82 Å². The van der Waals surface area contributed by atoms with Crippen LogP contribution in [0.5, 0.6) is 0 Å². The Labute approximate surface area is 87.7 Å². The normalized spacial score (nSPS) is 12.0. The van der Waals surface area contributed by atoms with E-state index in [9.17, 15) is 0 Å². The summed E-state index contributed by atoms with van der Waals surface area (Å²) in [6.07, 6.45) is 1.51. The van der Waals surface area contributed by atoms with Gasteiger partial charge in [-0.15, -0.1) is 5.10 Å². The fraction of sp³-hybridized carbons (Fsp3) is 0.556. The first-order valence-electron chi connectivity index (χ1n) is 4.76. The second-order valence-corrected chi connectivity index (χ2v) is 4.48. The van der Waals surface area contributed by atoms with E-state index in [2.05, 4.69) is 46.4 Å². The summed E-state index contributed by atoms with van der Waals surface area (Å²) in [7, 11) is 1.81. The van der Waals surface area contributed by atoms with Crippen LogP contribution >= 0.6 is 0 Å². The molecule has 0 aliphatic heterocycles. The Hall–Kier alpha value is -1.72. The number of aromatic nitrogens is 5. The van der Waals surface area contributed by atoms with Gasteiger partial charge in [-0.05, 0) is 20.8 Å². The van der Waals surface area contributed by atoms with Gasteiger partial charge in [0.05, 0.1) is 0 Å². The third kappa shape index (κ3) is 1.88. The average Bonchev–Trinajstić information content (AvgIpc) is 2.47. The predicted octanol–water partition coefficient (Wildman–Crippen LogP) is 0.969. The lowest BCUT2D eigenvalue weighted by atomic mass is 10.1. The van der Waals surface area contributed by atoms with Gasteiger partial charge in [0, 0.05) is 12.6 Å². The van der Waals surface area contributed by atoms with Gasteiger partial charge < -0.3 is 5.32 Å². The van der Waals surface area contributed by atoms with Crippen molar-refractivity contribution in [2.24, 2.45) is 7.05 Å². The molecule has 0 saturated heterocycles. The summed E-state index contributed by atoms with van der Waals surface area (Å²) >= 11 is 0. The summed E-state index contributed by atoms with van der Waals surface area (Å²) in [4.78, 5) is 8.29. The molecule has 1 N–H and O–H groups in total. The lowest BCUT2D eigenvalue weighted by Gasteiger charge is -2.20. The van der Waals surface area contributed by atoms with Gasteiger partial charge in [-0.25, -0.2) is 14.6 Å². The maximum Gasteiger partial charge on any atom is 0.183 e. The molecule has 0 unspecified atom stereocenters. The van der Waals surface area contributed by atoms with Crippen molar-refractivity contribution in [3.63, 3.8) is 0 Å². The van der Waals surface area contributed by atoms with Crippen LogP contribution in [-0.2, 0) is 7.05 Å². The third-order valence-electron chi connectivity index (χ3n) is 1.88. The van der Waals surface area contributed by atoms with Gasteiger partial charge in [0.15, 0.2) is 17.0 Å². The monoisotopic (exact) mass is 206 g/mol. The molecule has 80 valence electrons. The zero-order valence-electron chi connectivity index (χ0n) is 9.31. The Morgan fingerprint density at radius 2 is 2.00 bits per heavy atom. The highest BCUT2D eigenvalue weighted by Gasteiger charge is 2.15. The molecular formula is C9H14N6. The SMILES string of the molecule is Cn1nnc2c(NC(C)(C)C)ncnc21. The summed E-state index contributed by atoms with van der Waals surface area (Å²) in [5.74, 6) is 0.723. The van der Waals surface area contributed by atoms with Crippen LogP contribution in [0.15, 0.2) is 6.33 Å². The number of rotatable bonds is 1. The minimum Gasteiger partial charge on any atom is -0.363 e. The highest BCUT2D eigenvalue weighted by atomic mass is 15.4. The minimum atomic E-state index is -0.0567. The maximum absolute atomic E-state index is 4.17. The second-order valence-electron chi connectivity index (χ2n) is 4.48. The summed E-state index contributed by atoms with van der Waals surface area (Å²) in [6.45, 7) is 6.20. The highest BCUT2D eigenvalue weighted by molar-refractivity contribution is 5.81. The predicted molar refractivity (Wildman–Crippen MR) is 57.5 cm³/mol. The summed E-state index contributed by atoms with van der Waals surface area (Å²) in [6, 6.07) is 0. The van der Waals surface area contributed by atoms with Crippen molar-refractivity contribution in [3.8, 4) is 0 Å². The molecule has 0 aromatic carbocycles. The zero-order valence-corrected chi connectivity index (χ0v) is 9.31. The van der Waals surface area contributed by atoms with Gasteiger partial charge in [0.25, 0.3) is 0 Å². The molecule has 0 bridgehead atoms. The second kappa shape index (κ2) is 3.15. The van der Waals surface area contributed by atoms with Gasteiger partial charge in [0.1, 0.15) is 6.33 Å². The first kappa shape index (κ1) is 9.82. The molecule has 0 saturated carbocycles. The third-order valence-corrected chi connectivity index (χ3v) is 1.88. The van der Waals surface area contributed by atoms with Crippen LogP contribution < -0.4 is 5.32 Å². The molecule has 0 atom stereocenters. The molecule has 0 fully saturated rings. The number of hydrogen-bond donors (Lipinski definition) is 1. The fourth-order valence-corrected chi connectivity index (χ4v) is 1.30. The Bertz CT molecular complexity index is 481. The van der Waals surface area contributed by atoms with E-state index >= 15 is 0 Å². The van der Waals surface area contributed by atoms with E-state index in [4.69, 9.17) is 0 Å². The van der Waals surface area contributed by atoms with E-state index < -0.39 is 0 Å². The van der Waals surface area contributed by atoms with E-state index in [1.54, 1.807) is 4.68 Å². The quantitative estimate of drug-likeness (QED) is 0.753. The van der Waals surface area contributed by atoms with E-state index in [1.165, 1.54) is 6.33 Å². The van der Waals surface area contributed by atoms with Crippen molar-refractivity contribution >= 4 is 17.0 Å². The van der Waals surface area contributed by atoms with Crippen molar-refractivity contribution in [1.82, 2.24) is 25.0 Å².